The van der Waals surface area contributed by atoms with Gasteiger partial charge in [-0.3, -0.25) is 9.97 Å². The number of hydrogen-bond acceptors (Lipinski definition) is 4. The molecule has 56 heavy (non-hydrogen) atoms. The molecule has 0 saturated heterocycles. The summed E-state index contributed by atoms with van der Waals surface area (Å²) in [6, 6.07) is 61.0. The number of aryl methyl sites for hydroxylation is 2. The van der Waals surface area contributed by atoms with E-state index in [2.05, 4.69) is 141 Å². The van der Waals surface area contributed by atoms with Crippen molar-refractivity contribution in [1.82, 2.24) is 15.0 Å². The average Bonchev–Trinajstić information content (AvgIpc) is 3.65. The summed E-state index contributed by atoms with van der Waals surface area (Å²) < 4.78 is 6.86. The van der Waals surface area contributed by atoms with E-state index >= 15 is 0 Å². The number of fused-ring (bicyclic) bond motifs is 5. The van der Waals surface area contributed by atoms with Crippen LogP contribution in [0.5, 0.6) is 0 Å². The Kier molecular flexibility index (Phi) is 10.5. The Morgan fingerprint density at radius 3 is 1.86 bits per heavy atom. The summed E-state index contributed by atoms with van der Waals surface area (Å²) in [6.45, 7) is 4.54. The minimum absolute atomic E-state index is 0. The maximum atomic E-state index is 6.86. The number of aromatic nitrogens is 3. The zero-order valence-corrected chi connectivity index (χ0v) is 33.8. The van der Waals surface area contributed by atoms with E-state index in [-0.39, 0.29) is 30.9 Å². The molecule has 0 aliphatic rings. The molecule has 274 valence electrons. The van der Waals surface area contributed by atoms with Crippen LogP contribution in [0.25, 0.3) is 44.0 Å². The average molecular weight is 903 g/mol. The van der Waals surface area contributed by atoms with Gasteiger partial charge in [0.1, 0.15) is 5.58 Å². The Balaban J connectivity index is 0.00000441. The van der Waals surface area contributed by atoms with E-state index in [0.717, 1.165) is 103 Å². The summed E-state index contributed by atoms with van der Waals surface area (Å²) >= 11 is 0. The van der Waals surface area contributed by atoms with Crippen molar-refractivity contribution in [3.05, 3.63) is 210 Å². The quantitative estimate of drug-likeness (QED) is 0.121. The van der Waals surface area contributed by atoms with Gasteiger partial charge < -0.3 is 9.40 Å². The molecule has 0 bridgehead atoms. The second-order valence-electron chi connectivity index (χ2n) is 14.8. The summed E-state index contributed by atoms with van der Waals surface area (Å²) in [7, 11) is 0. The van der Waals surface area contributed by atoms with Gasteiger partial charge in [0.25, 0.3) is 0 Å². The molecule has 0 fully saturated rings. The first kappa shape index (κ1) is 37.2. The molecular weight excluding hydrogens is 863 g/mol. The van der Waals surface area contributed by atoms with Crippen molar-refractivity contribution in [1.29, 1.82) is 0 Å². The first-order chi connectivity index (χ1) is 27.0. The maximum Gasteiger partial charge on any atom is 3.00 e. The van der Waals surface area contributed by atoms with Crippen LogP contribution in [-0.4, -0.2) is 15.0 Å². The molecule has 9 aromatic rings. The minimum atomic E-state index is -0.352. The Morgan fingerprint density at radius 1 is 0.571 bits per heavy atom. The summed E-state index contributed by atoms with van der Waals surface area (Å²) in [4.78, 5) is 15.0. The second-order valence-corrected chi connectivity index (χ2v) is 14.8. The minimum Gasteiger partial charge on any atom is -0.500 e. The molecule has 9 rings (SSSR count). The molecular formula is C51H40IrN3O. The van der Waals surface area contributed by atoms with E-state index in [9.17, 15) is 0 Å². The third-order valence-electron chi connectivity index (χ3n) is 11.4. The van der Waals surface area contributed by atoms with Gasteiger partial charge in [0.15, 0.2) is 0 Å². The van der Waals surface area contributed by atoms with Crippen LogP contribution >= 0.6 is 0 Å². The molecule has 5 heteroatoms. The van der Waals surface area contributed by atoms with E-state index in [4.69, 9.17) is 19.4 Å². The van der Waals surface area contributed by atoms with Crippen LogP contribution in [-0.2, 0) is 43.8 Å². The Labute approximate surface area is 342 Å². The van der Waals surface area contributed by atoms with Crippen LogP contribution in [0.15, 0.2) is 162 Å². The van der Waals surface area contributed by atoms with Gasteiger partial charge in [-0.1, -0.05) is 85.5 Å². The van der Waals surface area contributed by atoms with Crippen LogP contribution < -0.4 is 0 Å². The van der Waals surface area contributed by atoms with Crippen molar-refractivity contribution in [2.45, 2.75) is 50.4 Å². The summed E-state index contributed by atoms with van der Waals surface area (Å²) in [5, 5.41) is 4.41. The van der Waals surface area contributed by atoms with Crippen molar-refractivity contribution in [3.63, 3.8) is 0 Å². The van der Waals surface area contributed by atoms with Gasteiger partial charge in [0, 0.05) is 51.1 Å². The summed E-state index contributed by atoms with van der Waals surface area (Å²) in [6.07, 6.45) is 6.92. The fourth-order valence-corrected chi connectivity index (χ4v) is 8.09. The zero-order valence-electron chi connectivity index (χ0n) is 31.4. The van der Waals surface area contributed by atoms with Crippen molar-refractivity contribution in [3.8, 4) is 11.3 Å². The van der Waals surface area contributed by atoms with Crippen LogP contribution in [0.2, 0.25) is 0 Å². The first-order valence-electron chi connectivity index (χ1n) is 19.0. The van der Waals surface area contributed by atoms with E-state index < -0.39 is 0 Å². The predicted molar refractivity (Wildman–Crippen MR) is 222 cm³/mol. The topological polar surface area (TPSA) is 51.8 Å². The van der Waals surface area contributed by atoms with Gasteiger partial charge in [-0.2, -0.15) is 71.8 Å². The standard InChI is InChI=1S/C51H40N3O.Ir/c1-50(38-17-5-3-6-18-38,46-24-11-13-32-52-46)30-28-36-34-43-42-27-26-37-16-9-10-22-41(37)48(42)55-49(43)44(35-36)45-23-15-21-40(54-45)29-31-51(2,39-19-7-4-8-20-39)47-25-12-14-33-53-47;/h3-17,19,21-27,32-34H,28-31H2,1-2H3;/q-3;+3. The summed E-state index contributed by atoms with van der Waals surface area (Å²) in [5.74, 6) is 0. The monoisotopic (exact) mass is 903 g/mol. The van der Waals surface area contributed by atoms with Crippen LogP contribution in [0.1, 0.15) is 60.5 Å². The number of furan rings is 1. The Bertz CT molecular complexity index is 2650. The number of nitrogens with zero attached hydrogens (tertiary/aromatic N) is 3. The molecule has 0 N–H and O–H groups in total. The van der Waals surface area contributed by atoms with Crippen LogP contribution in [0.4, 0.5) is 0 Å². The van der Waals surface area contributed by atoms with E-state index in [1.54, 1.807) is 0 Å². The number of pyridine rings is 3. The normalized spacial score (nSPS) is 13.6. The molecule has 4 nitrogen and oxygen atoms in total. The van der Waals surface area contributed by atoms with Crippen LogP contribution in [0, 0.1) is 18.2 Å². The van der Waals surface area contributed by atoms with Gasteiger partial charge in [-0.05, 0) is 67.1 Å². The largest absolute Gasteiger partial charge is 3.00 e. The molecule has 0 radical (unpaired) electrons. The Hall–Kier alpha value is -5.74. The molecule has 2 atom stereocenters. The predicted octanol–water partition coefficient (Wildman–Crippen LogP) is 11.9. The molecule has 5 aromatic carbocycles. The van der Waals surface area contributed by atoms with Crippen molar-refractivity contribution < 1.29 is 24.5 Å². The third-order valence-corrected chi connectivity index (χ3v) is 11.4. The molecule has 0 spiro atoms. The van der Waals surface area contributed by atoms with Gasteiger partial charge in [-0.15, -0.1) is 17.7 Å². The molecule has 2 unspecified atom stereocenters. The number of hydrogen-bond donors (Lipinski definition) is 0. The number of benzene rings is 5. The van der Waals surface area contributed by atoms with Gasteiger partial charge in [0.05, 0.1) is 5.58 Å². The second kappa shape index (κ2) is 15.8. The SMILES string of the molecule is CC(CCc1[c-]c(-c2cccc(CCC(C)(c3[c-]cccc3)c3ccccn3)n2)c2oc3c4ccccc4ccc3c2c1)(c1[c-]cccc1)c1ccccn1.[Ir+3]. The molecule has 0 amide bonds. The molecule has 0 aliphatic heterocycles. The van der Waals surface area contributed by atoms with E-state index in [0.29, 0.717) is 0 Å². The Morgan fingerprint density at radius 2 is 1.21 bits per heavy atom. The fraction of sp³-hybridized carbons (Fsp3) is 0.157. The molecule has 0 aliphatic carbocycles. The van der Waals surface area contributed by atoms with Gasteiger partial charge >= 0.3 is 20.1 Å². The molecule has 4 heterocycles. The van der Waals surface area contributed by atoms with Crippen molar-refractivity contribution in [2.24, 2.45) is 0 Å². The number of rotatable bonds is 11. The van der Waals surface area contributed by atoms with Gasteiger partial charge in [0.2, 0.25) is 0 Å². The maximum absolute atomic E-state index is 6.86. The fourth-order valence-electron chi connectivity index (χ4n) is 8.09. The van der Waals surface area contributed by atoms with Crippen LogP contribution in [0.3, 0.4) is 0 Å². The first-order valence-corrected chi connectivity index (χ1v) is 19.0. The third kappa shape index (κ3) is 6.98. The van der Waals surface area contributed by atoms with Crippen molar-refractivity contribution in [2.75, 3.05) is 0 Å². The zero-order chi connectivity index (χ0) is 37.2. The summed E-state index contributed by atoms with van der Waals surface area (Å²) in [5.41, 5.74) is 9.13. The van der Waals surface area contributed by atoms with E-state index in [1.165, 1.54) is 0 Å². The van der Waals surface area contributed by atoms with E-state index in [1.807, 2.05) is 48.8 Å². The smallest absolute Gasteiger partial charge is 0.500 e. The molecule has 4 aromatic heterocycles. The van der Waals surface area contributed by atoms with Gasteiger partial charge in [-0.25, -0.2) is 0 Å². The van der Waals surface area contributed by atoms with Crippen molar-refractivity contribution >= 4 is 32.7 Å². The molecule has 0 saturated carbocycles.